The molecule has 29 heavy (non-hydrogen) atoms. The second-order valence-electron chi connectivity index (χ2n) is 6.73. The van der Waals surface area contributed by atoms with Crippen LogP contribution in [-0.4, -0.2) is 14.7 Å². The second-order valence-corrected chi connectivity index (χ2v) is 6.73. The van der Waals surface area contributed by atoms with Gasteiger partial charge in [0.05, 0.1) is 24.8 Å². The largest absolute Gasteiger partial charge is 0.382 e. The van der Waals surface area contributed by atoms with Crippen LogP contribution in [0.25, 0.3) is 16.0 Å². The first-order valence-corrected chi connectivity index (χ1v) is 9.15. The monoisotopic (exact) mass is 383 g/mol. The summed E-state index contributed by atoms with van der Waals surface area (Å²) in [5, 5.41) is 10.8. The van der Waals surface area contributed by atoms with Crippen LogP contribution in [0.3, 0.4) is 0 Å². The van der Waals surface area contributed by atoms with Gasteiger partial charge < -0.3 is 9.67 Å². The van der Waals surface area contributed by atoms with Crippen molar-refractivity contribution >= 4 is 5.69 Å². The average molecular weight is 383 g/mol. The molecule has 0 spiro atoms. The van der Waals surface area contributed by atoms with Gasteiger partial charge in [-0.2, -0.15) is 0 Å². The van der Waals surface area contributed by atoms with E-state index in [-0.39, 0.29) is 5.82 Å². The van der Waals surface area contributed by atoms with Crippen molar-refractivity contribution in [2.24, 2.45) is 0 Å². The van der Waals surface area contributed by atoms with E-state index in [0.29, 0.717) is 29.1 Å². The summed E-state index contributed by atoms with van der Waals surface area (Å²) in [6.45, 7) is 7.52. The predicted molar refractivity (Wildman–Crippen MR) is 110 cm³/mol. The fourth-order valence-corrected chi connectivity index (χ4v) is 3.29. The van der Waals surface area contributed by atoms with Gasteiger partial charge in [-0.05, 0) is 22.8 Å². The van der Waals surface area contributed by atoms with Crippen LogP contribution in [0.2, 0.25) is 0 Å². The van der Waals surface area contributed by atoms with Gasteiger partial charge in [0.2, 0.25) is 0 Å². The molecule has 142 valence electrons. The van der Waals surface area contributed by atoms with Crippen molar-refractivity contribution in [1.82, 2.24) is 9.55 Å². The highest BCUT2D eigenvalue weighted by atomic mass is 19.1. The third-order valence-corrected chi connectivity index (χ3v) is 4.84. The highest BCUT2D eigenvalue weighted by Crippen LogP contribution is 2.28. The van der Waals surface area contributed by atoms with Gasteiger partial charge in [0.1, 0.15) is 11.9 Å². The molecule has 0 aliphatic heterocycles. The highest BCUT2D eigenvalue weighted by molar-refractivity contribution is 5.64. The molecule has 1 heterocycles. The Morgan fingerprint density at radius 3 is 2.48 bits per heavy atom. The van der Waals surface area contributed by atoms with Crippen LogP contribution in [0.4, 0.5) is 10.1 Å². The summed E-state index contributed by atoms with van der Waals surface area (Å²) in [6, 6.07) is 21.4. The van der Waals surface area contributed by atoms with Crippen molar-refractivity contribution in [2.75, 3.05) is 0 Å². The smallest absolute Gasteiger partial charge is 0.187 e. The molecule has 3 aromatic carbocycles. The molecule has 4 nitrogen and oxygen atoms in total. The Balaban J connectivity index is 1.59. The third kappa shape index (κ3) is 3.93. The normalized spacial score (nSPS) is 11.8. The van der Waals surface area contributed by atoms with E-state index < -0.39 is 6.10 Å². The number of imidazole rings is 1. The Labute approximate surface area is 168 Å². The first-order valence-electron chi connectivity index (χ1n) is 9.15. The molecule has 1 unspecified atom stereocenters. The van der Waals surface area contributed by atoms with Crippen LogP contribution >= 0.6 is 0 Å². The van der Waals surface area contributed by atoms with Gasteiger partial charge >= 0.3 is 0 Å². The highest BCUT2D eigenvalue weighted by Gasteiger charge is 2.17. The van der Waals surface area contributed by atoms with Gasteiger partial charge in [0.15, 0.2) is 5.69 Å². The molecule has 4 aromatic rings. The molecular formula is C24H18FN3O. The van der Waals surface area contributed by atoms with E-state index in [1.165, 1.54) is 6.07 Å². The number of aromatic nitrogens is 2. The molecule has 0 saturated carbocycles. The Morgan fingerprint density at radius 2 is 1.79 bits per heavy atom. The summed E-state index contributed by atoms with van der Waals surface area (Å²) in [4.78, 5) is 7.53. The first kappa shape index (κ1) is 18.6. The second kappa shape index (κ2) is 8.09. The zero-order valence-corrected chi connectivity index (χ0v) is 15.5. The van der Waals surface area contributed by atoms with Crippen molar-refractivity contribution in [3.8, 4) is 11.1 Å². The SMILES string of the molecule is [C-]#[N+]c1ccc(Cn2cncc2C(O)c2ccc(-c3ccccc3)c(F)c2)cc1. The number of hydrogen-bond acceptors (Lipinski definition) is 2. The van der Waals surface area contributed by atoms with Crippen LogP contribution in [0.5, 0.6) is 0 Å². The zero-order valence-electron chi connectivity index (χ0n) is 15.5. The minimum atomic E-state index is -1.00. The first-order chi connectivity index (χ1) is 14.2. The van der Waals surface area contributed by atoms with Crippen molar-refractivity contribution < 1.29 is 9.50 Å². The maximum Gasteiger partial charge on any atom is 0.187 e. The van der Waals surface area contributed by atoms with Gasteiger partial charge in [-0.3, -0.25) is 0 Å². The van der Waals surface area contributed by atoms with Gasteiger partial charge in [-0.1, -0.05) is 66.7 Å². The summed E-state index contributed by atoms with van der Waals surface area (Å²) in [7, 11) is 0. The van der Waals surface area contributed by atoms with Crippen LogP contribution in [0.15, 0.2) is 85.3 Å². The molecule has 0 aliphatic carbocycles. The van der Waals surface area contributed by atoms with E-state index >= 15 is 0 Å². The van der Waals surface area contributed by atoms with Crippen molar-refractivity contribution in [3.05, 3.63) is 119 Å². The van der Waals surface area contributed by atoms with E-state index in [0.717, 1.165) is 11.1 Å². The summed E-state index contributed by atoms with van der Waals surface area (Å²) in [6.07, 6.45) is 2.22. The number of benzene rings is 3. The molecule has 5 heteroatoms. The lowest BCUT2D eigenvalue weighted by Crippen LogP contribution is -2.09. The lowest BCUT2D eigenvalue weighted by atomic mass is 10.00. The van der Waals surface area contributed by atoms with Crippen molar-refractivity contribution in [2.45, 2.75) is 12.6 Å². The van der Waals surface area contributed by atoms with Crippen LogP contribution in [0, 0.1) is 12.4 Å². The van der Waals surface area contributed by atoms with Crippen LogP contribution in [0.1, 0.15) is 22.9 Å². The zero-order chi connectivity index (χ0) is 20.2. The number of aliphatic hydroxyl groups excluding tert-OH is 1. The van der Waals surface area contributed by atoms with E-state index in [9.17, 15) is 9.50 Å². The van der Waals surface area contributed by atoms with Crippen molar-refractivity contribution in [3.63, 3.8) is 0 Å². The van der Waals surface area contributed by atoms with Gasteiger partial charge in [-0.15, -0.1) is 0 Å². The quantitative estimate of drug-likeness (QED) is 0.471. The summed E-state index contributed by atoms with van der Waals surface area (Å²) < 4.78 is 16.5. The topological polar surface area (TPSA) is 42.4 Å². The third-order valence-electron chi connectivity index (χ3n) is 4.84. The van der Waals surface area contributed by atoms with E-state index in [4.69, 9.17) is 6.57 Å². The summed E-state index contributed by atoms with van der Waals surface area (Å²) in [5.74, 6) is -0.381. The van der Waals surface area contributed by atoms with Gasteiger partial charge in [0, 0.05) is 12.1 Å². The molecule has 4 rings (SSSR count). The summed E-state index contributed by atoms with van der Waals surface area (Å²) in [5.41, 5.74) is 3.88. The number of rotatable bonds is 5. The van der Waals surface area contributed by atoms with Crippen molar-refractivity contribution in [1.29, 1.82) is 0 Å². The van der Waals surface area contributed by atoms with Gasteiger partial charge in [-0.25, -0.2) is 14.2 Å². The Hall–Kier alpha value is -3.75. The molecule has 0 aliphatic rings. The van der Waals surface area contributed by atoms with E-state index in [1.807, 2.05) is 47.0 Å². The molecule has 0 fully saturated rings. The molecule has 0 bridgehead atoms. The number of hydrogen-bond donors (Lipinski definition) is 1. The molecule has 0 radical (unpaired) electrons. The minimum Gasteiger partial charge on any atom is -0.382 e. The predicted octanol–water partition coefficient (Wildman–Crippen LogP) is 5.37. The molecule has 0 saturated heterocycles. The summed E-state index contributed by atoms with van der Waals surface area (Å²) >= 11 is 0. The number of aliphatic hydroxyl groups is 1. The van der Waals surface area contributed by atoms with Crippen LogP contribution < -0.4 is 0 Å². The Morgan fingerprint density at radius 1 is 1.03 bits per heavy atom. The standard InChI is InChI=1S/C24H18FN3O/c1-26-20-10-7-17(8-11-20)15-28-16-27-14-23(28)24(29)19-9-12-21(22(25)13-19)18-5-3-2-4-6-18/h2-14,16,24,29H,15H2. The lowest BCUT2D eigenvalue weighted by molar-refractivity contribution is 0.210. The maximum absolute atomic E-state index is 14.7. The molecular weight excluding hydrogens is 365 g/mol. The van der Waals surface area contributed by atoms with Crippen LogP contribution in [-0.2, 0) is 6.54 Å². The maximum atomic E-state index is 14.7. The van der Waals surface area contributed by atoms with Gasteiger partial charge in [0.25, 0.3) is 0 Å². The molecule has 1 aromatic heterocycles. The van der Waals surface area contributed by atoms with E-state index in [2.05, 4.69) is 9.83 Å². The number of halogens is 1. The molecule has 0 amide bonds. The fraction of sp³-hybridized carbons (Fsp3) is 0.0833. The minimum absolute atomic E-state index is 0.381. The fourth-order valence-electron chi connectivity index (χ4n) is 3.29. The molecule has 1 atom stereocenters. The van der Waals surface area contributed by atoms with E-state index in [1.54, 1.807) is 36.8 Å². The molecule has 1 N–H and O–H groups in total. The lowest BCUT2D eigenvalue weighted by Gasteiger charge is -2.15. The Kier molecular flexibility index (Phi) is 5.19. The number of nitrogens with zero attached hydrogens (tertiary/aromatic N) is 3. The average Bonchev–Trinajstić information content (AvgIpc) is 3.22. The Bertz CT molecular complexity index is 1160.